The van der Waals surface area contributed by atoms with Crippen LogP contribution in [0.1, 0.15) is 40.2 Å². The number of piperidine rings is 1. The first-order chi connectivity index (χ1) is 24.4. The number of fused-ring (bicyclic) bond motifs is 1. The second-order valence-corrected chi connectivity index (χ2v) is 15.1. The number of nitrogens with zero attached hydrogens (tertiary/aromatic N) is 8. The van der Waals surface area contributed by atoms with Crippen LogP contribution in [0.2, 0.25) is 0 Å². The van der Waals surface area contributed by atoms with E-state index in [-0.39, 0.29) is 40.9 Å². The van der Waals surface area contributed by atoms with Crippen molar-refractivity contribution >= 4 is 22.8 Å². The average Bonchev–Trinajstić information content (AvgIpc) is 3.47. The molecule has 266 valence electrons. The van der Waals surface area contributed by atoms with Crippen LogP contribution in [0.3, 0.4) is 0 Å². The van der Waals surface area contributed by atoms with E-state index in [2.05, 4.69) is 53.5 Å². The summed E-state index contributed by atoms with van der Waals surface area (Å²) in [6.45, 7) is 14.2. The Morgan fingerprint density at radius 1 is 1.08 bits per heavy atom. The number of hydrogen-bond donors (Lipinski definition) is 1. The first kappa shape index (κ1) is 34.5. The van der Waals surface area contributed by atoms with Crippen molar-refractivity contribution in [1.82, 2.24) is 34.4 Å². The summed E-state index contributed by atoms with van der Waals surface area (Å²) in [4.78, 5) is 29.4. The highest BCUT2D eigenvalue weighted by atomic mass is 19.1. The Bertz CT molecular complexity index is 1990. The smallest absolute Gasteiger partial charge is 0.264 e. The summed E-state index contributed by atoms with van der Waals surface area (Å²) in [6.07, 6.45) is 3.84. The zero-order valence-electron chi connectivity index (χ0n) is 29.5. The molecule has 0 aliphatic carbocycles. The molecule has 3 aliphatic rings. The molecule has 5 heterocycles. The molecule has 13 heteroatoms. The fraction of sp³-hybridized carbons (Fsp3) is 0.447. The number of piperazine rings is 1. The third-order valence-electron chi connectivity index (χ3n) is 10.3. The number of nitrogens with two attached hydrogens (primary N) is 1. The van der Waals surface area contributed by atoms with E-state index in [1.54, 1.807) is 33.8 Å². The molecule has 3 saturated heterocycles. The summed E-state index contributed by atoms with van der Waals surface area (Å²) in [5.41, 5.74) is 6.65. The lowest BCUT2D eigenvalue weighted by Crippen LogP contribution is -2.59. The second kappa shape index (κ2) is 13.7. The van der Waals surface area contributed by atoms with E-state index in [4.69, 9.17) is 20.3 Å². The maximum absolute atomic E-state index is 15.8. The number of aromatic nitrogens is 4. The summed E-state index contributed by atoms with van der Waals surface area (Å²) in [5.74, 6) is 0.247. The Hall–Kier alpha value is -4.90. The lowest BCUT2D eigenvalue weighted by atomic mass is 9.81. The van der Waals surface area contributed by atoms with Crippen LogP contribution in [0.25, 0.3) is 22.3 Å². The van der Waals surface area contributed by atoms with E-state index in [9.17, 15) is 10.1 Å². The summed E-state index contributed by atoms with van der Waals surface area (Å²) in [5, 5.41) is 15.6. The highest BCUT2D eigenvalue weighted by molar-refractivity contribution is 5.99. The highest BCUT2D eigenvalue weighted by Gasteiger charge is 2.40. The van der Waals surface area contributed by atoms with Crippen LogP contribution < -0.4 is 10.5 Å². The maximum Gasteiger partial charge on any atom is 0.264 e. The van der Waals surface area contributed by atoms with Crippen LogP contribution in [0, 0.1) is 22.6 Å². The number of halogens is 1. The quantitative estimate of drug-likeness (QED) is 0.197. The topological polar surface area (TPSA) is 139 Å². The summed E-state index contributed by atoms with van der Waals surface area (Å²) >= 11 is 0. The number of para-hydroxylation sites is 1. The van der Waals surface area contributed by atoms with E-state index in [1.807, 2.05) is 24.3 Å². The van der Waals surface area contributed by atoms with Crippen LogP contribution >= 0.6 is 0 Å². The van der Waals surface area contributed by atoms with Crippen LogP contribution in [0.15, 0.2) is 66.5 Å². The Kier molecular flexibility index (Phi) is 9.26. The van der Waals surface area contributed by atoms with Crippen molar-refractivity contribution < 1.29 is 18.7 Å². The zero-order chi connectivity index (χ0) is 35.9. The normalized spacial score (nSPS) is 20.6. The summed E-state index contributed by atoms with van der Waals surface area (Å²) in [7, 11) is 0. The van der Waals surface area contributed by atoms with E-state index in [0.717, 1.165) is 39.4 Å². The van der Waals surface area contributed by atoms with Gasteiger partial charge in [-0.05, 0) is 56.0 Å². The number of likely N-dealkylation sites (tertiary alicyclic amines) is 1. The van der Waals surface area contributed by atoms with Crippen molar-refractivity contribution in [1.29, 1.82) is 5.26 Å². The first-order valence-corrected chi connectivity index (χ1v) is 17.4. The molecule has 0 bridgehead atoms. The second-order valence-electron chi connectivity index (χ2n) is 15.1. The van der Waals surface area contributed by atoms with E-state index >= 15 is 4.39 Å². The van der Waals surface area contributed by atoms with Crippen LogP contribution in [-0.2, 0) is 9.53 Å². The van der Waals surface area contributed by atoms with Gasteiger partial charge in [0, 0.05) is 56.4 Å². The molecule has 1 unspecified atom stereocenters. The number of ether oxygens (including phenoxy) is 2. The molecule has 4 aromatic rings. The van der Waals surface area contributed by atoms with Gasteiger partial charge in [-0.3, -0.25) is 14.6 Å². The Morgan fingerprint density at radius 3 is 2.49 bits per heavy atom. The molecule has 2 aromatic carbocycles. The van der Waals surface area contributed by atoms with Gasteiger partial charge in [0.1, 0.15) is 46.8 Å². The molecule has 3 aliphatic heterocycles. The number of carbonyl (C=O) groups excluding carboxylic acids is 1. The molecule has 2 N–H and O–H groups in total. The molecule has 2 aromatic heterocycles. The van der Waals surface area contributed by atoms with E-state index in [1.165, 1.54) is 12.4 Å². The standard InChI is InChI=1S/C38H44FN9O3/c1-37(2)18-26(20-46(23-37)36(49)25(19-40)17-38(3,4)47-14-12-45(13-15-47)27-21-50-22-27)48-35-32(34(41)42-24-43-35)33(44-48)30-11-10-29(16-31(30)39)51-28-8-6-5-7-9-28/h5-11,16-17,24,26-27H,12-15,18,20-23H2,1-4H3,(H2,41,42,43). The number of amides is 1. The zero-order valence-corrected chi connectivity index (χ0v) is 29.5. The van der Waals surface area contributed by atoms with Gasteiger partial charge in [-0.2, -0.15) is 10.4 Å². The van der Waals surface area contributed by atoms with Crippen molar-refractivity contribution in [2.45, 2.75) is 51.7 Å². The summed E-state index contributed by atoms with van der Waals surface area (Å²) < 4.78 is 28.8. The minimum absolute atomic E-state index is 0.115. The van der Waals surface area contributed by atoms with Gasteiger partial charge in [0.25, 0.3) is 5.91 Å². The van der Waals surface area contributed by atoms with Crippen molar-refractivity contribution in [3.05, 3.63) is 72.3 Å². The predicted octanol–water partition coefficient (Wildman–Crippen LogP) is 5.05. The molecule has 1 amide bonds. The number of benzene rings is 2. The highest BCUT2D eigenvalue weighted by Crippen LogP contribution is 2.40. The van der Waals surface area contributed by atoms with Gasteiger partial charge in [-0.1, -0.05) is 32.0 Å². The number of anilines is 1. The number of nitriles is 1. The monoisotopic (exact) mass is 693 g/mol. The van der Waals surface area contributed by atoms with Crippen molar-refractivity contribution in [2.24, 2.45) is 5.41 Å². The van der Waals surface area contributed by atoms with Crippen molar-refractivity contribution in [3.63, 3.8) is 0 Å². The Balaban J connectivity index is 1.15. The molecule has 0 radical (unpaired) electrons. The predicted molar refractivity (Wildman–Crippen MR) is 191 cm³/mol. The lowest BCUT2D eigenvalue weighted by Gasteiger charge is -2.47. The number of nitrogen functional groups attached to an aromatic ring is 1. The fourth-order valence-corrected chi connectivity index (χ4v) is 7.59. The molecule has 0 saturated carbocycles. The molecule has 7 rings (SSSR count). The minimum atomic E-state index is -0.538. The molecule has 51 heavy (non-hydrogen) atoms. The van der Waals surface area contributed by atoms with Crippen LogP contribution in [-0.4, -0.2) is 104 Å². The lowest BCUT2D eigenvalue weighted by molar-refractivity contribution is -0.131. The van der Waals surface area contributed by atoms with Gasteiger partial charge >= 0.3 is 0 Å². The van der Waals surface area contributed by atoms with E-state index in [0.29, 0.717) is 47.2 Å². The largest absolute Gasteiger partial charge is 0.457 e. The van der Waals surface area contributed by atoms with Gasteiger partial charge in [0.15, 0.2) is 5.65 Å². The molecular formula is C38H44FN9O3. The Labute approximate surface area is 297 Å². The Morgan fingerprint density at radius 2 is 1.82 bits per heavy atom. The van der Waals surface area contributed by atoms with Gasteiger partial charge in [-0.15, -0.1) is 0 Å². The van der Waals surface area contributed by atoms with Crippen molar-refractivity contribution in [3.8, 4) is 28.8 Å². The van der Waals surface area contributed by atoms with Gasteiger partial charge in [0.05, 0.1) is 30.7 Å². The van der Waals surface area contributed by atoms with E-state index < -0.39 is 11.4 Å². The number of rotatable bonds is 8. The van der Waals surface area contributed by atoms with Crippen LogP contribution in [0.5, 0.6) is 11.5 Å². The van der Waals surface area contributed by atoms with Crippen LogP contribution in [0.4, 0.5) is 10.2 Å². The van der Waals surface area contributed by atoms with Gasteiger partial charge < -0.3 is 20.1 Å². The summed E-state index contributed by atoms with van der Waals surface area (Å²) in [6, 6.07) is 16.1. The molecular weight excluding hydrogens is 649 g/mol. The van der Waals surface area contributed by atoms with Gasteiger partial charge in [0.2, 0.25) is 0 Å². The van der Waals surface area contributed by atoms with Gasteiger partial charge in [-0.25, -0.2) is 19.0 Å². The third-order valence-corrected chi connectivity index (χ3v) is 10.3. The molecule has 1 atom stereocenters. The molecule has 3 fully saturated rings. The molecule has 12 nitrogen and oxygen atoms in total. The molecule has 0 spiro atoms. The third kappa shape index (κ3) is 7.04. The minimum Gasteiger partial charge on any atom is -0.457 e. The van der Waals surface area contributed by atoms with Crippen molar-refractivity contribution in [2.75, 3.05) is 58.2 Å². The average molecular weight is 694 g/mol. The first-order valence-electron chi connectivity index (χ1n) is 17.4. The number of hydrogen-bond acceptors (Lipinski definition) is 10. The SMILES string of the molecule is CC1(C)CC(n2nc(-c3ccc(Oc4ccccc4)cc3F)c3c(N)ncnc32)CN(C(=O)C(C#N)=CC(C)(C)N2CCN(C3COC3)CC2)C1. The fourth-order valence-electron chi connectivity index (χ4n) is 7.59. The number of carbonyl (C=O) groups is 1. The maximum atomic E-state index is 15.8.